The first-order valence-corrected chi connectivity index (χ1v) is 6.33. The molecule has 2 atom stereocenters. The van der Waals surface area contributed by atoms with E-state index in [2.05, 4.69) is 22.1 Å². The normalized spacial score (nSPS) is 20.4. The Bertz CT molecular complexity index is 449. The first-order chi connectivity index (χ1) is 7.43. The number of pyridine rings is 2. The minimum Gasteiger partial charge on any atom is -0.255 e. The van der Waals surface area contributed by atoms with Crippen LogP contribution in [-0.4, -0.2) is 16.1 Å². The smallest absolute Gasteiger partial charge is 0.0886 e. The van der Waals surface area contributed by atoms with Crippen molar-refractivity contribution in [2.75, 3.05) is 6.16 Å². The van der Waals surface area contributed by atoms with Crippen LogP contribution in [0.15, 0.2) is 42.7 Å². The highest BCUT2D eigenvalue weighted by Crippen LogP contribution is 2.52. The van der Waals surface area contributed by atoms with Crippen LogP contribution in [0.2, 0.25) is 0 Å². The first-order valence-electron chi connectivity index (χ1n) is 5.04. The Morgan fingerprint density at radius 2 is 1.93 bits per heavy atom. The molecular formula is C12H11N2P. The van der Waals surface area contributed by atoms with E-state index in [-0.39, 0.29) is 0 Å². The van der Waals surface area contributed by atoms with Crippen LogP contribution in [-0.2, 0) is 0 Å². The van der Waals surface area contributed by atoms with Crippen molar-refractivity contribution in [3.8, 4) is 11.4 Å². The van der Waals surface area contributed by atoms with Gasteiger partial charge in [-0.3, -0.25) is 9.97 Å². The molecule has 0 saturated carbocycles. The summed E-state index contributed by atoms with van der Waals surface area (Å²) in [5.74, 6) is 0. The topological polar surface area (TPSA) is 25.8 Å². The zero-order valence-corrected chi connectivity index (χ0v) is 9.22. The largest absolute Gasteiger partial charge is 0.255 e. The molecule has 0 aromatic carbocycles. The predicted octanol–water partition coefficient (Wildman–Crippen LogP) is 2.88. The molecule has 0 aliphatic carbocycles. The van der Waals surface area contributed by atoms with Gasteiger partial charge in [-0.1, -0.05) is 12.1 Å². The van der Waals surface area contributed by atoms with Crippen LogP contribution in [0.3, 0.4) is 0 Å². The van der Waals surface area contributed by atoms with E-state index in [0.29, 0.717) is 0 Å². The van der Waals surface area contributed by atoms with Gasteiger partial charge in [0.15, 0.2) is 0 Å². The van der Waals surface area contributed by atoms with Crippen LogP contribution in [0.25, 0.3) is 11.4 Å². The maximum atomic E-state index is 4.45. The van der Waals surface area contributed by atoms with Gasteiger partial charge in [0.05, 0.1) is 11.4 Å². The molecule has 0 spiro atoms. The number of hydrogen-bond donors (Lipinski definition) is 0. The molecule has 1 aliphatic heterocycles. The SMILES string of the molecule is c1ccc(-c2ccc(C3CP3)cn2)nc1. The molecule has 2 aromatic rings. The average Bonchev–Trinajstić information content (AvgIpc) is 3.15. The van der Waals surface area contributed by atoms with E-state index in [1.807, 2.05) is 24.4 Å². The third-order valence-electron chi connectivity index (χ3n) is 2.52. The molecule has 3 heteroatoms. The van der Waals surface area contributed by atoms with Crippen molar-refractivity contribution in [3.05, 3.63) is 48.3 Å². The van der Waals surface area contributed by atoms with Crippen molar-refractivity contribution in [3.63, 3.8) is 0 Å². The van der Waals surface area contributed by atoms with Crippen molar-refractivity contribution in [1.29, 1.82) is 0 Å². The number of nitrogens with zero attached hydrogens (tertiary/aromatic N) is 2. The molecule has 1 fully saturated rings. The van der Waals surface area contributed by atoms with Crippen molar-refractivity contribution in [2.24, 2.45) is 0 Å². The van der Waals surface area contributed by atoms with Crippen LogP contribution < -0.4 is 0 Å². The molecular weight excluding hydrogens is 203 g/mol. The standard InChI is InChI=1S/C12H11N2P/c1-2-6-13-10(3-1)11-5-4-9(7-14-11)12-8-15-12/h1-7,12,15H,8H2. The second-order valence-corrected chi connectivity index (χ2v) is 5.17. The van der Waals surface area contributed by atoms with Gasteiger partial charge in [0, 0.05) is 18.1 Å². The molecule has 0 amide bonds. The van der Waals surface area contributed by atoms with Gasteiger partial charge in [0.1, 0.15) is 0 Å². The number of rotatable bonds is 2. The van der Waals surface area contributed by atoms with E-state index in [9.17, 15) is 0 Å². The summed E-state index contributed by atoms with van der Waals surface area (Å²) in [6.45, 7) is 0. The fourth-order valence-electron chi connectivity index (χ4n) is 1.57. The summed E-state index contributed by atoms with van der Waals surface area (Å²) >= 11 is 0. The monoisotopic (exact) mass is 214 g/mol. The van der Waals surface area contributed by atoms with E-state index in [0.717, 1.165) is 25.6 Å². The molecule has 1 aliphatic rings. The van der Waals surface area contributed by atoms with Gasteiger partial charge >= 0.3 is 0 Å². The zero-order valence-electron chi connectivity index (χ0n) is 8.22. The van der Waals surface area contributed by atoms with Crippen molar-refractivity contribution in [2.45, 2.75) is 5.66 Å². The average molecular weight is 214 g/mol. The second-order valence-electron chi connectivity index (χ2n) is 3.65. The van der Waals surface area contributed by atoms with Crippen LogP contribution in [0.1, 0.15) is 11.2 Å². The van der Waals surface area contributed by atoms with Gasteiger partial charge in [0.2, 0.25) is 0 Å². The Morgan fingerprint density at radius 3 is 2.53 bits per heavy atom. The Kier molecular flexibility index (Phi) is 2.22. The summed E-state index contributed by atoms with van der Waals surface area (Å²) < 4.78 is 0. The van der Waals surface area contributed by atoms with Gasteiger partial charge in [-0.05, 0) is 29.9 Å². The molecule has 3 rings (SSSR count). The van der Waals surface area contributed by atoms with E-state index in [1.54, 1.807) is 6.20 Å². The Labute approximate surface area is 90.6 Å². The Hall–Kier alpha value is -1.27. The maximum absolute atomic E-state index is 4.45. The van der Waals surface area contributed by atoms with E-state index >= 15 is 0 Å². The molecule has 2 nitrogen and oxygen atoms in total. The van der Waals surface area contributed by atoms with Gasteiger partial charge in [-0.25, -0.2) is 0 Å². The lowest BCUT2D eigenvalue weighted by atomic mass is 10.2. The number of hydrogen-bond acceptors (Lipinski definition) is 2. The van der Waals surface area contributed by atoms with Crippen LogP contribution >= 0.6 is 8.58 Å². The summed E-state index contributed by atoms with van der Waals surface area (Å²) in [6.07, 6.45) is 5.15. The molecule has 3 heterocycles. The molecule has 0 N–H and O–H groups in total. The molecule has 74 valence electrons. The third-order valence-corrected chi connectivity index (χ3v) is 3.67. The molecule has 2 unspecified atom stereocenters. The lowest BCUT2D eigenvalue weighted by Gasteiger charge is -2.00. The van der Waals surface area contributed by atoms with E-state index in [4.69, 9.17) is 0 Å². The maximum Gasteiger partial charge on any atom is 0.0886 e. The Balaban J connectivity index is 1.93. The molecule has 0 bridgehead atoms. The first kappa shape index (κ1) is 8.99. The lowest BCUT2D eigenvalue weighted by molar-refractivity contribution is 1.16. The highest BCUT2D eigenvalue weighted by Gasteiger charge is 2.23. The van der Waals surface area contributed by atoms with E-state index < -0.39 is 0 Å². The van der Waals surface area contributed by atoms with Gasteiger partial charge in [0.25, 0.3) is 0 Å². The summed E-state index contributed by atoms with van der Waals surface area (Å²) in [6, 6.07) is 10.1. The van der Waals surface area contributed by atoms with E-state index in [1.165, 1.54) is 11.7 Å². The minimum atomic E-state index is 0.801. The van der Waals surface area contributed by atoms with Crippen LogP contribution in [0.5, 0.6) is 0 Å². The molecule has 15 heavy (non-hydrogen) atoms. The van der Waals surface area contributed by atoms with Gasteiger partial charge in [-0.2, -0.15) is 0 Å². The minimum absolute atomic E-state index is 0.801. The lowest BCUT2D eigenvalue weighted by Crippen LogP contribution is -1.88. The fourth-order valence-corrected chi connectivity index (χ4v) is 2.33. The second kappa shape index (κ2) is 3.71. The van der Waals surface area contributed by atoms with Gasteiger partial charge < -0.3 is 0 Å². The molecule has 0 radical (unpaired) electrons. The van der Waals surface area contributed by atoms with Crippen LogP contribution in [0, 0.1) is 0 Å². The van der Waals surface area contributed by atoms with Crippen molar-refractivity contribution >= 4 is 8.58 Å². The van der Waals surface area contributed by atoms with Crippen molar-refractivity contribution in [1.82, 2.24) is 9.97 Å². The third kappa shape index (κ3) is 1.91. The fraction of sp³-hybridized carbons (Fsp3) is 0.167. The summed E-state index contributed by atoms with van der Waals surface area (Å²) in [7, 11) is 1.11. The summed E-state index contributed by atoms with van der Waals surface area (Å²) in [5.41, 5.74) is 4.09. The molecule has 2 aromatic heterocycles. The predicted molar refractivity (Wildman–Crippen MR) is 63.4 cm³/mol. The quantitative estimate of drug-likeness (QED) is 0.718. The van der Waals surface area contributed by atoms with Crippen molar-refractivity contribution < 1.29 is 0 Å². The summed E-state index contributed by atoms with van der Waals surface area (Å²) in [5, 5.41) is 0. The Morgan fingerprint density at radius 1 is 1.07 bits per heavy atom. The highest BCUT2D eigenvalue weighted by atomic mass is 31.1. The van der Waals surface area contributed by atoms with Crippen LogP contribution in [0.4, 0.5) is 0 Å². The van der Waals surface area contributed by atoms with Gasteiger partial charge in [-0.15, -0.1) is 8.58 Å². The number of aromatic nitrogens is 2. The highest BCUT2D eigenvalue weighted by molar-refractivity contribution is 7.47. The zero-order chi connectivity index (χ0) is 10.1. The molecule has 1 saturated heterocycles. The summed E-state index contributed by atoms with van der Waals surface area (Å²) in [4.78, 5) is 8.73.